The molecule has 0 nitrogen and oxygen atoms in total. The van der Waals surface area contributed by atoms with E-state index >= 15 is 0 Å². The summed E-state index contributed by atoms with van der Waals surface area (Å²) in [6, 6.07) is 0. The predicted molar refractivity (Wildman–Crippen MR) is 43.9 cm³/mol. The molecule has 0 saturated heterocycles. The van der Waals surface area contributed by atoms with Crippen LogP contribution >= 0.6 is 0 Å². The van der Waals surface area contributed by atoms with Gasteiger partial charge in [-0.15, -0.1) is 0 Å². The van der Waals surface area contributed by atoms with Crippen LogP contribution in [0.5, 0.6) is 0 Å². The van der Waals surface area contributed by atoms with Gasteiger partial charge in [0.05, 0.1) is 0 Å². The number of fused-ring (bicyclic) bond motifs is 2. The van der Waals surface area contributed by atoms with Crippen LogP contribution in [-0.4, -0.2) is 0 Å². The van der Waals surface area contributed by atoms with Crippen LogP contribution in [-0.2, 0) is 0 Å². The standard InChI is InChI=1S/C7H10.C3H6/c1-2-7-4-3-6(1)5-7;1-2-3-1/h1,7H,2-5H2;1-3H2. The first-order valence-corrected chi connectivity index (χ1v) is 4.63. The predicted octanol–water partition coefficient (Wildman–Crippen LogP) is 3.29. The Morgan fingerprint density at radius 1 is 1.20 bits per heavy atom. The largest absolute Gasteiger partial charge is 0.0850 e. The highest BCUT2D eigenvalue weighted by molar-refractivity contribution is 5.15. The normalized spacial score (nSPS) is 32.8. The molecule has 0 amide bonds. The molecule has 10 heavy (non-hydrogen) atoms. The number of hydrogen-bond donors (Lipinski definition) is 0. The van der Waals surface area contributed by atoms with E-state index in [9.17, 15) is 0 Å². The van der Waals surface area contributed by atoms with Crippen molar-refractivity contribution in [1.82, 2.24) is 0 Å². The second-order valence-electron chi connectivity index (χ2n) is 3.77. The second kappa shape index (κ2) is 2.77. The zero-order valence-corrected chi connectivity index (χ0v) is 6.60. The molecule has 2 bridgehead atoms. The van der Waals surface area contributed by atoms with Gasteiger partial charge in [0, 0.05) is 0 Å². The molecule has 3 aliphatic carbocycles. The summed E-state index contributed by atoms with van der Waals surface area (Å²) in [6.45, 7) is 0. The summed E-state index contributed by atoms with van der Waals surface area (Å²) in [7, 11) is 0. The average molecular weight is 136 g/mol. The first-order chi connectivity index (χ1) is 4.95. The van der Waals surface area contributed by atoms with Gasteiger partial charge in [-0.2, -0.15) is 0 Å². The van der Waals surface area contributed by atoms with Gasteiger partial charge in [0.1, 0.15) is 0 Å². The Bertz CT molecular complexity index is 139. The van der Waals surface area contributed by atoms with Crippen molar-refractivity contribution in [3.63, 3.8) is 0 Å². The number of allylic oxidation sites excluding steroid dienone is 2. The molecule has 56 valence electrons. The SMILES string of the molecule is C1=C2CCC(C1)C2.C1CC1. The lowest BCUT2D eigenvalue weighted by Crippen LogP contribution is -1.85. The van der Waals surface area contributed by atoms with Crippen LogP contribution in [0.15, 0.2) is 11.6 Å². The van der Waals surface area contributed by atoms with Crippen LogP contribution < -0.4 is 0 Å². The van der Waals surface area contributed by atoms with Gasteiger partial charge in [0.2, 0.25) is 0 Å². The Morgan fingerprint density at radius 2 is 2.00 bits per heavy atom. The fraction of sp³-hybridized carbons (Fsp3) is 0.800. The molecule has 1 unspecified atom stereocenters. The van der Waals surface area contributed by atoms with E-state index in [-0.39, 0.29) is 0 Å². The Morgan fingerprint density at radius 3 is 2.10 bits per heavy atom. The second-order valence-corrected chi connectivity index (χ2v) is 3.77. The van der Waals surface area contributed by atoms with E-state index in [1.165, 1.54) is 44.9 Å². The number of hydrogen-bond acceptors (Lipinski definition) is 0. The molecular formula is C10H16. The van der Waals surface area contributed by atoms with Gasteiger partial charge < -0.3 is 0 Å². The molecule has 1 atom stereocenters. The first kappa shape index (κ1) is 6.45. The van der Waals surface area contributed by atoms with Crippen molar-refractivity contribution in [1.29, 1.82) is 0 Å². The fourth-order valence-electron chi connectivity index (χ4n) is 1.68. The summed E-state index contributed by atoms with van der Waals surface area (Å²) in [5.74, 6) is 1.08. The van der Waals surface area contributed by atoms with Crippen LogP contribution in [0.2, 0.25) is 0 Å². The van der Waals surface area contributed by atoms with E-state index in [0.717, 1.165) is 5.92 Å². The van der Waals surface area contributed by atoms with Crippen molar-refractivity contribution in [3.05, 3.63) is 11.6 Å². The Hall–Kier alpha value is -0.260. The van der Waals surface area contributed by atoms with E-state index < -0.39 is 0 Å². The number of rotatable bonds is 0. The molecule has 0 heteroatoms. The lowest BCUT2D eigenvalue weighted by molar-refractivity contribution is 0.576. The molecule has 0 aromatic carbocycles. The molecule has 0 spiro atoms. The Labute approximate surface area is 63.3 Å². The van der Waals surface area contributed by atoms with Crippen LogP contribution in [0.3, 0.4) is 0 Å². The van der Waals surface area contributed by atoms with Crippen molar-refractivity contribution < 1.29 is 0 Å². The van der Waals surface area contributed by atoms with Gasteiger partial charge in [0.25, 0.3) is 0 Å². The lowest BCUT2D eigenvalue weighted by Gasteiger charge is -1.98. The third-order valence-corrected chi connectivity index (χ3v) is 2.52. The topological polar surface area (TPSA) is 0 Å². The smallest absolute Gasteiger partial charge is 0.0289 e. The molecule has 3 aliphatic rings. The summed E-state index contributed by atoms with van der Waals surface area (Å²) in [5.41, 5.74) is 1.74. The van der Waals surface area contributed by atoms with Gasteiger partial charge in [-0.05, 0) is 31.6 Å². The van der Waals surface area contributed by atoms with Gasteiger partial charge >= 0.3 is 0 Å². The zero-order chi connectivity index (χ0) is 6.81. The van der Waals surface area contributed by atoms with E-state index in [2.05, 4.69) is 6.08 Å². The summed E-state index contributed by atoms with van der Waals surface area (Å²) >= 11 is 0. The molecule has 2 saturated carbocycles. The fourth-order valence-corrected chi connectivity index (χ4v) is 1.68. The average Bonchev–Trinajstić information content (AvgIpc) is 2.71. The highest BCUT2D eigenvalue weighted by Gasteiger charge is 2.22. The third kappa shape index (κ3) is 1.62. The van der Waals surface area contributed by atoms with Gasteiger partial charge in [-0.25, -0.2) is 0 Å². The minimum atomic E-state index is 1.08. The van der Waals surface area contributed by atoms with Crippen molar-refractivity contribution >= 4 is 0 Å². The Balaban J connectivity index is 0.000000113. The molecule has 0 N–H and O–H groups in total. The molecule has 0 aromatic heterocycles. The van der Waals surface area contributed by atoms with Crippen LogP contribution in [0.4, 0.5) is 0 Å². The molecule has 2 fully saturated rings. The molecule has 0 heterocycles. The monoisotopic (exact) mass is 136 g/mol. The third-order valence-electron chi connectivity index (χ3n) is 2.52. The molecule has 0 aliphatic heterocycles. The molecule has 3 rings (SSSR count). The summed E-state index contributed by atoms with van der Waals surface area (Å²) in [5, 5.41) is 0. The first-order valence-electron chi connectivity index (χ1n) is 4.63. The zero-order valence-electron chi connectivity index (χ0n) is 6.60. The van der Waals surface area contributed by atoms with Crippen LogP contribution in [0.25, 0.3) is 0 Å². The molecular weight excluding hydrogens is 120 g/mol. The van der Waals surface area contributed by atoms with Crippen LogP contribution in [0.1, 0.15) is 44.9 Å². The Kier molecular flexibility index (Phi) is 1.79. The minimum Gasteiger partial charge on any atom is -0.0850 e. The van der Waals surface area contributed by atoms with E-state index in [0.29, 0.717) is 0 Å². The highest BCUT2D eigenvalue weighted by Crippen LogP contribution is 2.38. The summed E-state index contributed by atoms with van der Waals surface area (Å²) < 4.78 is 0. The van der Waals surface area contributed by atoms with E-state index in [4.69, 9.17) is 0 Å². The quantitative estimate of drug-likeness (QED) is 0.448. The van der Waals surface area contributed by atoms with Crippen molar-refractivity contribution in [2.75, 3.05) is 0 Å². The summed E-state index contributed by atoms with van der Waals surface area (Å²) in [6.07, 6.45) is 12.7. The molecule has 0 radical (unpaired) electrons. The summed E-state index contributed by atoms with van der Waals surface area (Å²) in [4.78, 5) is 0. The maximum Gasteiger partial charge on any atom is -0.0289 e. The maximum absolute atomic E-state index is 2.42. The van der Waals surface area contributed by atoms with E-state index in [1.807, 2.05) is 0 Å². The van der Waals surface area contributed by atoms with Crippen LogP contribution in [0, 0.1) is 5.92 Å². The van der Waals surface area contributed by atoms with E-state index in [1.54, 1.807) is 5.57 Å². The van der Waals surface area contributed by atoms with Gasteiger partial charge in [-0.3, -0.25) is 0 Å². The highest BCUT2D eigenvalue weighted by atomic mass is 14.3. The lowest BCUT2D eigenvalue weighted by atomic mass is 10.1. The minimum absolute atomic E-state index is 1.08. The van der Waals surface area contributed by atoms with Crippen molar-refractivity contribution in [2.24, 2.45) is 5.92 Å². The van der Waals surface area contributed by atoms with Gasteiger partial charge in [0.15, 0.2) is 0 Å². The maximum atomic E-state index is 2.42. The van der Waals surface area contributed by atoms with Crippen molar-refractivity contribution in [3.8, 4) is 0 Å². The molecule has 0 aromatic rings. The van der Waals surface area contributed by atoms with Gasteiger partial charge in [-0.1, -0.05) is 30.9 Å². The van der Waals surface area contributed by atoms with Crippen molar-refractivity contribution in [2.45, 2.75) is 44.9 Å².